The van der Waals surface area contributed by atoms with Crippen molar-refractivity contribution in [3.63, 3.8) is 0 Å². The van der Waals surface area contributed by atoms with Crippen LogP contribution in [0.25, 0.3) is 0 Å². The summed E-state index contributed by atoms with van der Waals surface area (Å²) in [5, 5.41) is 3.12. The fraction of sp³-hybridized carbons (Fsp3) is 0.556. The lowest BCUT2D eigenvalue weighted by Gasteiger charge is -2.40. The third-order valence-electron chi connectivity index (χ3n) is 7.26. The Morgan fingerprint density at radius 1 is 1.09 bits per heavy atom. The molecule has 3 heterocycles. The third kappa shape index (κ3) is 5.76. The average Bonchev–Trinajstić information content (AvgIpc) is 3.56. The van der Waals surface area contributed by atoms with Gasteiger partial charge in [0.15, 0.2) is 0 Å². The van der Waals surface area contributed by atoms with E-state index in [0.717, 1.165) is 48.4 Å². The number of hydrogen-bond acceptors (Lipinski definition) is 7. The Hall–Kier alpha value is -2.29. The molecule has 3 fully saturated rings. The SMILES string of the molecule is COC1CN(c2ccc(C(=O)Nc3cccc(SNC(C)(C)C)c3)c(N3CCC4(CC3)CC4)n2)C1. The number of carbonyl (C=O) groups is 1. The van der Waals surface area contributed by atoms with E-state index < -0.39 is 0 Å². The number of anilines is 3. The van der Waals surface area contributed by atoms with Gasteiger partial charge in [-0.1, -0.05) is 6.07 Å². The maximum atomic E-state index is 13.5. The molecule has 1 aromatic heterocycles. The minimum atomic E-state index is -0.116. The number of nitrogens with one attached hydrogen (secondary N) is 2. The van der Waals surface area contributed by atoms with Gasteiger partial charge in [-0.3, -0.25) is 9.52 Å². The van der Waals surface area contributed by atoms with E-state index in [1.54, 1.807) is 19.1 Å². The summed E-state index contributed by atoms with van der Waals surface area (Å²) in [7, 11) is 1.75. The number of rotatable bonds is 7. The Kier molecular flexibility index (Phi) is 6.72. The van der Waals surface area contributed by atoms with Crippen LogP contribution in [-0.2, 0) is 4.74 Å². The molecule has 1 aliphatic carbocycles. The number of piperidine rings is 1. The highest BCUT2D eigenvalue weighted by molar-refractivity contribution is 7.97. The van der Waals surface area contributed by atoms with E-state index >= 15 is 0 Å². The highest BCUT2D eigenvalue weighted by atomic mass is 32.2. The Bertz CT molecular complexity index is 1070. The van der Waals surface area contributed by atoms with Crippen LogP contribution in [0.1, 0.15) is 56.8 Å². The number of nitrogens with zero attached hydrogens (tertiary/aromatic N) is 3. The van der Waals surface area contributed by atoms with Crippen LogP contribution >= 0.6 is 11.9 Å². The summed E-state index contributed by atoms with van der Waals surface area (Å²) < 4.78 is 8.86. The summed E-state index contributed by atoms with van der Waals surface area (Å²) in [4.78, 5) is 24.1. The van der Waals surface area contributed by atoms with Crippen LogP contribution in [0.5, 0.6) is 0 Å². The van der Waals surface area contributed by atoms with E-state index in [0.29, 0.717) is 11.0 Å². The Balaban J connectivity index is 1.34. The molecule has 1 saturated carbocycles. The van der Waals surface area contributed by atoms with Crippen molar-refractivity contribution in [2.75, 3.05) is 48.4 Å². The number of ether oxygens (including phenoxy) is 1. The number of aromatic nitrogens is 1. The van der Waals surface area contributed by atoms with Gasteiger partial charge in [0.2, 0.25) is 0 Å². The van der Waals surface area contributed by atoms with Crippen molar-refractivity contribution >= 4 is 35.2 Å². The highest BCUT2D eigenvalue weighted by Gasteiger charge is 2.45. The first kappa shape index (κ1) is 24.4. The summed E-state index contributed by atoms with van der Waals surface area (Å²) in [5.41, 5.74) is 1.99. The van der Waals surface area contributed by atoms with Gasteiger partial charge in [-0.2, -0.15) is 0 Å². The third-order valence-corrected chi connectivity index (χ3v) is 8.46. The Morgan fingerprint density at radius 3 is 2.49 bits per heavy atom. The predicted molar refractivity (Wildman–Crippen MR) is 144 cm³/mol. The first-order valence-corrected chi connectivity index (χ1v) is 13.4. The predicted octanol–water partition coefficient (Wildman–Crippen LogP) is 4.94. The molecular weight excluding hydrogens is 458 g/mol. The van der Waals surface area contributed by atoms with Crippen molar-refractivity contribution in [3.05, 3.63) is 42.0 Å². The van der Waals surface area contributed by atoms with Gasteiger partial charge in [0.25, 0.3) is 5.91 Å². The number of methoxy groups -OCH3 is 1. The lowest BCUT2D eigenvalue weighted by Crippen LogP contribution is -2.52. The monoisotopic (exact) mass is 495 g/mol. The van der Waals surface area contributed by atoms with Gasteiger partial charge in [0, 0.05) is 49.4 Å². The van der Waals surface area contributed by atoms with Crippen LogP contribution in [0.15, 0.2) is 41.3 Å². The van der Waals surface area contributed by atoms with Crippen LogP contribution in [0.3, 0.4) is 0 Å². The number of benzene rings is 1. The second kappa shape index (κ2) is 9.64. The zero-order chi connectivity index (χ0) is 24.6. The molecule has 35 heavy (non-hydrogen) atoms. The van der Waals surface area contributed by atoms with Crippen LogP contribution in [0.4, 0.5) is 17.3 Å². The zero-order valence-electron chi connectivity index (χ0n) is 21.3. The van der Waals surface area contributed by atoms with Crippen molar-refractivity contribution in [1.82, 2.24) is 9.71 Å². The van der Waals surface area contributed by atoms with E-state index in [-0.39, 0.29) is 17.6 Å². The molecule has 3 aliphatic rings. The normalized spacial score (nSPS) is 19.5. The first-order chi connectivity index (χ1) is 16.7. The summed E-state index contributed by atoms with van der Waals surface area (Å²) in [5.74, 6) is 1.61. The molecule has 0 atom stereocenters. The molecule has 1 spiro atoms. The van der Waals surface area contributed by atoms with Crippen LogP contribution < -0.4 is 19.8 Å². The average molecular weight is 496 g/mol. The summed E-state index contributed by atoms with van der Waals surface area (Å²) in [6, 6.07) is 11.9. The van der Waals surface area contributed by atoms with E-state index in [4.69, 9.17) is 9.72 Å². The fourth-order valence-electron chi connectivity index (χ4n) is 4.72. The van der Waals surface area contributed by atoms with Gasteiger partial charge in [0.1, 0.15) is 11.6 Å². The van der Waals surface area contributed by atoms with Gasteiger partial charge in [-0.15, -0.1) is 0 Å². The number of hydrogen-bond donors (Lipinski definition) is 2. The van der Waals surface area contributed by atoms with Gasteiger partial charge in [-0.05, 0) is 94.1 Å². The van der Waals surface area contributed by atoms with Gasteiger partial charge in [0.05, 0.1) is 11.7 Å². The van der Waals surface area contributed by atoms with Crippen molar-refractivity contribution in [2.45, 2.75) is 63.0 Å². The molecule has 1 aromatic carbocycles. The van der Waals surface area contributed by atoms with Crippen LogP contribution in [0, 0.1) is 5.41 Å². The summed E-state index contributed by atoms with van der Waals surface area (Å²) in [6.45, 7) is 9.99. The molecule has 1 amide bonds. The molecule has 5 rings (SSSR count). The number of carbonyl (C=O) groups excluding carboxylic acids is 1. The molecule has 188 valence electrons. The molecule has 2 saturated heterocycles. The molecule has 2 N–H and O–H groups in total. The molecule has 0 radical (unpaired) electrons. The highest BCUT2D eigenvalue weighted by Crippen LogP contribution is 2.54. The molecular formula is C27H37N5O2S. The lowest BCUT2D eigenvalue weighted by atomic mass is 9.93. The second-order valence-corrected chi connectivity index (χ2v) is 12.1. The molecule has 8 heteroatoms. The fourth-order valence-corrected chi connectivity index (χ4v) is 5.48. The first-order valence-electron chi connectivity index (χ1n) is 12.6. The Labute approximate surface area is 213 Å². The summed E-state index contributed by atoms with van der Waals surface area (Å²) in [6.07, 6.45) is 5.34. The van der Waals surface area contributed by atoms with Gasteiger partial charge < -0.3 is 19.9 Å². The molecule has 2 aliphatic heterocycles. The van der Waals surface area contributed by atoms with E-state index in [1.165, 1.54) is 25.7 Å². The molecule has 2 aromatic rings. The summed E-state index contributed by atoms with van der Waals surface area (Å²) >= 11 is 1.57. The quantitative estimate of drug-likeness (QED) is 0.527. The zero-order valence-corrected chi connectivity index (χ0v) is 22.1. The Morgan fingerprint density at radius 2 is 1.83 bits per heavy atom. The number of pyridine rings is 1. The topological polar surface area (TPSA) is 69.7 Å². The van der Waals surface area contributed by atoms with Gasteiger partial charge in [-0.25, -0.2) is 4.98 Å². The standard InChI is InChI=1S/C27H37N5O2S/c1-26(2,3)30-35-21-7-5-6-19(16-21)28-25(33)22-8-9-23(32-17-20(18-32)34-4)29-24(22)31-14-12-27(10-11-27)13-15-31/h5-9,16,20,30H,10-15,17-18H2,1-4H3,(H,28,33). The van der Waals surface area contributed by atoms with Crippen molar-refractivity contribution in [1.29, 1.82) is 0 Å². The minimum absolute atomic E-state index is 0.000539. The number of amides is 1. The van der Waals surface area contributed by atoms with Crippen LogP contribution in [-0.4, -0.2) is 55.8 Å². The molecule has 0 unspecified atom stereocenters. The lowest BCUT2D eigenvalue weighted by molar-refractivity contribution is 0.0783. The van der Waals surface area contributed by atoms with E-state index in [1.807, 2.05) is 36.4 Å². The maximum Gasteiger partial charge on any atom is 0.259 e. The second-order valence-electron chi connectivity index (χ2n) is 11.2. The minimum Gasteiger partial charge on any atom is -0.378 e. The molecule has 0 bridgehead atoms. The van der Waals surface area contributed by atoms with Gasteiger partial charge >= 0.3 is 0 Å². The van der Waals surface area contributed by atoms with Crippen molar-refractivity contribution < 1.29 is 9.53 Å². The smallest absolute Gasteiger partial charge is 0.259 e. The van der Waals surface area contributed by atoms with E-state index in [9.17, 15) is 4.79 Å². The van der Waals surface area contributed by atoms with E-state index in [2.05, 4.69) is 40.6 Å². The maximum absolute atomic E-state index is 13.5. The molecule has 7 nitrogen and oxygen atoms in total. The van der Waals surface area contributed by atoms with Crippen molar-refractivity contribution in [3.8, 4) is 0 Å². The van der Waals surface area contributed by atoms with Crippen LogP contribution in [0.2, 0.25) is 0 Å². The largest absolute Gasteiger partial charge is 0.378 e. The van der Waals surface area contributed by atoms with Crippen molar-refractivity contribution in [2.24, 2.45) is 5.41 Å².